The van der Waals surface area contributed by atoms with Gasteiger partial charge in [0.15, 0.2) is 5.17 Å². The SMILES string of the molecule is C=CCOc1ccc(C=C2SC(N3CCN(c4cccc(Cl)c4)CC3)=NC2=O)cc1. The Bertz CT molecular complexity index is 996. The van der Waals surface area contributed by atoms with Gasteiger partial charge < -0.3 is 14.5 Å². The summed E-state index contributed by atoms with van der Waals surface area (Å²) in [5, 5.41) is 1.52. The second kappa shape index (κ2) is 9.41. The van der Waals surface area contributed by atoms with E-state index >= 15 is 0 Å². The van der Waals surface area contributed by atoms with Crippen molar-refractivity contribution in [2.24, 2.45) is 4.99 Å². The van der Waals surface area contributed by atoms with Crippen molar-refractivity contribution in [2.45, 2.75) is 0 Å². The summed E-state index contributed by atoms with van der Waals surface area (Å²) in [6.45, 7) is 7.46. The number of amides is 1. The smallest absolute Gasteiger partial charge is 0.286 e. The lowest BCUT2D eigenvalue weighted by Crippen LogP contribution is -2.47. The zero-order chi connectivity index (χ0) is 20.9. The second-order valence-corrected chi connectivity index (χ2v) is 8.38. The molecule has 0 radical (unpaired) electrons. The van der Waals surface area contributed by atoms with Crippen LogP contribution in [0.2, 0.25) is 5.02 Å². The Hall–Kier alpha value is -2.70. The molecule has 1 saturated heterocycles. The first-order valence-corrected chi connectivity index (χ1v) is 10.9. The number of anilines is 1. The second-order valence-electron chi connectivity index (χ2n) is 6.93. The topological polar surface area (TPSA) is 45.1 Å². The van der Waals surface area contributed by atoms with E-state index in [4.69, 9.17) is 16.3 Å². The summed E-state index contributed by atoms with van der Waals surface area (Å²) in [6.07, 6.45) is 3.58. The van der Waals surface area contributed by atoms with Crippen molar-refractivity contribution < 1.29 is 9.53 Å². The standard InChI is InChI=1S/C23H22ClN3O2S/c1-2-14-29-20-8-6-17(7-9-20)15-21-22(28)25-23(30-21)27-12-10-26(11-13-27)19-5-3-4-18(24)16-19/h2-9,15-16H,1,10-14H2. The molecule has 30 heavy (non-hydrogen) atoms. The summed E-state index contributed by atoms with van der Waals surface area (Å²) in [5.74, 6) is 0.594. The number of hydrogen-bond donors (Lipinski definition) is 0. The van der Waals surface area contributed by atoms with Gasteiger partial charge in [0.1, 0.15) is 12.4 Å². The third-order valence-electron chi connectivity index (χ3n) is 4.88. The van der Waals surface area contributed by atoms with Gasteiger partial charge in [0.2, 0.25) is 0 Å². The third-order valence-corrected chi connectivity index (χ3v) is 6.16. The molecule has 2 aromatic carbocycles. The molecule has 2 aliphatic rings. The van der Waals surface area contributed by atoms with Crippen LogP contribution in [-0.2, 0) is 4.79 Å². The van der Waals surface area contributed by atoms with Crippen LogP contribution in [0.3, 0.4) is 0 Å². The lowest BCUT2D eigenvalue weighted by molar-refractivity contribution is -0.113. The molecule has 1 amide bonds. The number of benzene rings is 2. The number of piperazine rings is 1. The fourth-order valence-electron chi connectivity index (χ4n) is 3.33. The fourth-order valence-corrected chi connectivity index (χ4v) is 4.48. The van der Waals surface area contributed by atoms with Crippen LogP contribution in [0.1, 0.15) is 5.56 Å². The van der Waals surface area contributed by atoms with Crippen molar-refractivity contribution in [3.63, 3.8) is 0 Å². The van der Waals surface area contributed by atoms with Crippen LogP contribution in [0.25, 0.3) is 6.08 Å². The quantitative estimate of drug-likeness (QED) is 0.499. The zero-order valence-corrected chi connectivity index (χ0v) is 18.0. The number of carbonyl (C=O) groups is 1. The Kier molecular flexibility index (Phi) is 6.45. The summed E-state index contributed by atoms with van der Waals surface area (Å²) in [5.41, 5.74) is 2.07. The summed E-state index contributed by atoms with van der Waals surface area (Å²) in [6, 6.07) is 15.5. The van der Waals surface area contributed by atoms with Crippen molar-refractivity contribution in [2.75, 3.05) is 37.7 Å². The van der Waals surface area contributed by atoms with Gasteiger partial charge in [0.05, 0.1) is 4.91 Å². The molecule has 0 aromatic heterocycles. The Morgan fingerprint density at radius 2 is 1.83 bits per heavy atom. The fraction of sp³-hybridized carbons (Fsp3) is 0.217. The molecular weight excluding hydrogens is 418 g/mol. The predicted molar refractivity (Wildman–Crippen MR) is 125 cm³/mol. The number of hydrogen-bond acceptors (Lipinski definition) is 5. The van der Waals surface area contributed by atoms with Crippen LogP contribution < -0.4 is 9.64 Å². The van der Waals surface area contributed by atoms with E-state index < -0.39 is 0 Å². The van der Waals surface area contributed by atoms with E-state index in [-0.39, 0.29) is 5.91 Å². The Morgan fingerprint density at radius 1 is 1.10 bits per heavy atom. The van der Waals surface area contributed by atoms with Crippen molar-refractivity contribution >= 4 is 46.2 Å². The molecule has 2 aromatic rings. The molecule has 0 spiro atoms. The average Bonchev–Trinajstić information content (AvgIpc) is 3.13. The molecule has 5 nitrogen and oxygen atoms in total. The molecule has 0 aliphatic carbocycles. The van der Waals surface area contributed by atoms with Crippen LogP contribution in [-0.4, -0.2) is 48.8 Å². The normalized spacial score (nSPS) is 18.0. The summed E-state index contributed by atoms with van der Waals surface area (Å²) >= 11 is 7.55. The van der Waals surface area contributed by atoms with Crippen molar-refractivity contribution in [3.05, 3.63) is 76.7 Å². The van der Waals surface area contributed by atoms with Gasteiger partial charge in [-0.3, -0.25) is 4.79 Å². The highest BCUT2D eigenvalue weighted by Crippen LogP contribution is 2.31. The Labute approximate surface area is 185 Å². The van der Waals surface area contributed by atoms with Gasteiger partial charge in [-0.05, 0) is 53.7 Å². The van der Waals surface area contributed by atoms with Gasteiger partial charge in [0, 0.05) is 36.9 Å². The maximum Gasteiger partial charge on any atom is 0.286 e. The summed E-state index contributed by atoms with van der Waals surface area (Å²) in [7, 11) is 0. The monoisotopic (exact) mass is 439 g/mol. The number of thioether (sulfide) groups is 1. The molecule has 0 unspecified atom stereocenters. The van der Waals surface area contributed by atoms with Gasteiger partial charge >= 0.3 is 0 Å². The van der Waals surface area contributed by atoms with Crippen molar-refractivity contribution in [1.29, 1.82) is 0 Å². The zero-order valence-electron chi connectivity index (χ0n) is 16.5. The van der Waals surface area contributed by atoms with Crippen LogP contribution in [0.15, 0.2) is 71.1 Å². The van der Waals surface area contributed by atoms with E-state index in [0.29, 0.717) is 11.5 Å². The van der Waals surface area contributed by atoms with E-state index in [1.165, 1.54) is 11.8 Å². The summed E-state index contributed by atoms with van der Waals surface area (Å²) in [4.78, 5) is 21.8. The highest BCUT2D eigenvalue weighted by atomic mass is 35.5. The van der Waals surface area contributed by atoms with Crippen molar-refractivity contribution in [1.82, 2.24) is 4.90 Å². The number of ether oxygens (including phenoxy) is 1. The Balaban J connectivity index is 1.36. The molecular formula is C23H22ClN3O2S. The van der Waals surface area contributed by atoms with Crippen LogP contribution in [0.4, 0.5) is 5.69 Å². The molecule has 1 fully saturated rings. The van der Waals surface area contributed by atoms with Crippen molar-refractivity contribution in [3.8, 4) is 5.75 Å². The highest BCUT2D eigenvalue weighted by Gasteiger charge is 2.28. The highest BCUT2D eigenvalue weighted by molar-refractivity contribution is 8.18. The minimum absolute atomic E-state index is 0.181. The van der Waals surface area contributed by atoms with Crippen LogP contribution in [0.5, 0.6) is 5.75 Å². The Morgan fingerprint density at radius 3 is 2.53 bits per heavy atom. The maximum absolute atomic E-state index is 12.4. The molecule has 0 bridgehead atoms. The number of halogens is 1. The van der Waals surface area contributed by atoms with E-state index in [1.54, 1.807) is 6.08 Å². The summed E-state index contributed by atoms with van der Waals surface area (Å²) < 4.78 is 5.49. The average molecular weight is 440 g/mol. The number of carbonyl (C=O) groups excluding carboxylic acids is 1. The van der Waals surface area contributed by atoms with E-state index in [9.17, 15) is 4.79 Å². The third kappa shape index (κ3) is 4.89. The number of rotatable bonds is 5. The first-order chi connectivity index (χ1) is 14.6. The van der Waals surface area contributed by atoms with Gasteiger partial charge in [0.25, 0.3) is 5.91 Å². The number of nitrogens with zero attached hydrogens (tertiary/aromatic N) is 3. The van der Waals surface area contributed by atoms with E-state index in [2.05, 4.69) is 27.4 Å². The molecule has 0 atom stereocenters. The first kappa shape index (κ1) is 20.6. The first-order valence-electron chi connectivity index (χ1n) is 9.74. The molecule has 154 valence electrons. The van der Waals surface area contributed by atoms with E-state index in [1.807, 2.05) is 48.5 Å². The van der Waals surface area contributed by atoms with Gasteiger partial charge in [-0.1, -0.05) is 42.5 Å². The predicted octanol–water partition coefficient (Wildman–Crippen LogP) is 4.70. The van der Waals surface area contributed by atoms with E-state index in [0.717, 1.165) is 53.4 Å². The molecule has 2 aliphatic heterocycles. The minimum atomic E-state index is -0.181. The number of aliphatic imine (C=N–C) groups is 1. The maximum atomic E-state index is 12.4. The van der Waals surface area contributed by atoms with Gasteiger partial charge in [-0.15, -0.1) is 0 Å². The molecule has 0 N–H and O–H groups in total. The molecule has 0 saturated carbocycles. The number of amidine groups is 1. The lowest BCUT2D eigenvalue weighted by Gasteiger charge is -2.36. The molecule has 4 rings (SSSR count). The molecule has 7 heteroatoms. The molecule has 2 heterocycles. The van der Waals surface area contributed by atoms with Crippen LogP contribution >= 0.6 is 23.4 Å². The lowest BCUT2D eigenvalue weighted by atomic mass is 10.2. The van der Waals surface area contributed by atoms with Gasteiger partial charge in [-0.2, -0.15) is 4.99 Å². The largest absolute Gasteiger partial charge is 0.490 e. The minimum Gasteiger partial charge on any atom is -0.490 e. The van der Waals surface area contributed by atoms with Gasteiger partial charge in [-0.25, -0.2) is 0 Å². The van der Waals surface area contributed by atoms with Crippen LogP contribution in [0, 0.1) is 0 Å².